The Balaban J connectivity index is 2.09. The Morgan fingerprint density at radius 3 is 2.69 bits per heavy atom. The van der Waals surface area contributed by atoms with Crippen LogP contribution in [0.5, 0.6) is 0 Å². The summed E-state index contributed by atoms with van der Waals surface area (Å²) in [5, 5.41) is 0. The summed E-state index contributed by atoms with van der Waals surface area (Å²) < 4.78 is 9.79. The summed E-state index contributed by atoms with van der Waals surface area (Å²) in [7, 11) is 4.00. The second-order valence-corrected chi connectivity index (χ2v) is 8.41. The Hall–Kier alpha value is -2.13. The normalized spacial score (nSPS) is 11.4. The van der Waals surface area contributed by atoms with Gasteiger partial charge in [-0.25, -0.2) is 0 Å². The first-order valence-electron chi connectivity index (χ1n) is 8.26. The number of pyridine rings is 2. The average Bonchev–Trinajstić information content (AvgIpc) is 3.00. The van der Waals surface area contributed by atoms with E-state index >= 15 is 0 Å². The average molecular weight is 466 g/mol. The quantitative estimate of drug-likeness (QED) is 0.209. The Bertz CT molecular complexity index is 991. The monoisotopic (exact) mass is 466 g/mol. The van der Waals surface area contributed by atoms with Crippen molar-refractivity contribution in [3.8, 4) is 11.3 Å². The van der Waals surface area contributed by atoms with Crippen molar-refractivity contribution in [1.29, 1.82) is 0 Å². The van der Waals surface area contributed by atoms with Crippen molar-refractivity contribution in [3.63, 3.8) is 0 Å². The maximum absolute atomic E-state index is 12.5. The number of nitrogens with zero attached hydrogens (tertiary/aromatic N) is 3. The molecule has 0 fully saturated rings. The van der Waals surface area contributed by atoms with Crippen molar-refractivity contribution in [1.82, 2.24) is 12.1 Å². The van der Waals surface area contributed by atoms with E-state index in [9.17, 15) is 9.59 Å². The summed E-state index contributed by atoms with van der Waals surface area (Å²) in [6, 6.07) is 11.0. The number of alkyl halides is 1. The van der Waals surface area contributed by atoms with Gasteiger partial charge < -0.3 is 0 Å². The molecule has 0 spiro atoms. The zero-order valence-electron chi connectivity index (χ0n) is 15.0. The van der Waals surface area contributed by atoms with Crippen molar-refractivity contribution in [2.75, 3.05) is 25.3 Å². The molecule has 0 atom stereocenters. The molecular formula is C19H21IN3O3-. The molecule has 0 unspecified atom stereocenters. The Kier molecular flexibility index (Phi) is 5.77. The molecule has 3 heterocycles. The number of esters is 1. The molecule has 3 rings (SSSR count). The molecule has 0 N–H and O–H groups in total. The van der Waals surface area contributed by atoms with Crippen LogP contribution in [0.15, 0.2) is 53.6 Å². The van der Waals surface area contributed by atoms with E-state index in [2.05, 4.69) is 4.90 Å². The van der Waals surface area contributed by atoms with Crippen LogP contribution in [0.4, 0.5) is 0 Å². The molecule has 0 aliphatic carbocycles. The topological polar surface area (TPSA) is 56.0 Å². The van der Waals surface area contributed by atoms with E-state index in [0.29, 0.717) is 17.9 Å². The minimum atomic E-state index is -0.437. The number of halogens is 1. The zero-order chi connectivity index (χ0) is 18.7. The molecular weight excluding hydrogens is 445 g/mol. The van der Waals surface area contributed by atoms with Crippen molar-refractivity contribution in [2.45, 2.75) is 6.92 Å². The van der Waals surface area contributed by atoms with E-state index in [-0.39, 0.29) is 11.5 Å². The van der Waals surface area contributed by atoms with E-state index in [1.54, 1.807) is 21.8 Å². The molecule has 0 aliphatic rings. The first-order chi connectivity index (χ1) is 12.5. The van der Waals surface area contributed by atoms with Crippen LogP contribution >= 0.6 is 0 Å². The molecule has 138 valence electrons. The number of hydrogen-bond donors (Lipinski definition) is 0. The standard InChI is InChI=1S/C19H21IN3O3/c1-4-26-19(25)16-12-15-7-5-6-9-22(15)18(16)14-8-10-23(17(24)11-14)20-13-21(2)3/h5-12H,4,13H2,1-3H3/q-1. The number of ether oxygens (including phenoxy) is 1. The van der Waals surface area contributed by atoms with Gasteiger partial charge in [0.15, 0.2) is 0 Å². The van der Waals surface area contributed by atoms with Crippen molar-refractivity contribution < 1.29 is 31.0 Å². The molecule has 0 bridgehead atoms. The third-order valence-electron chi connectivity index (χ3n) is 3.74. The van der Waals surface area contributed by atoms with Crippen LogP contribution < -0.4 is 27.0 Å². The molecule has 7 heteroatoms. The molecule has 0 saturated heterocycles. The number of hydrogen-bond acceptors (Lipinski definition) is 4. The first-order valence-corrected chi connectivity index (χ1v) is 10.7. The molecule has 0 aliphatic heterocycles. The number of fused-ring (bicyclic) bond motifs is 1. The van der Waals surface area contributed by atoms with E-state index in [0.717, 1.165) is 15.6 Å². The summed E-state index contributed by atoms with van der Waals surface area (Å²) in [4.78, 5) is 27.0. The van der Waals surface area contributed by atoms with Gasteiger partial charge >= 0.3 is 163 Å². The van der Waals surface area contributed by atoms with E-state index < -0.39 is 21.5 Å². The molecule has 0 radical (unpaired) electrons. The van der Waals surface area contributed by atoms with Gasteiger partial charge in [0.05, 0.1) is 0 Å². The molecule has 0 amide bonds. The summed E-state index contributed by atoms with van der Waals surface area (Å²) in [6.45, 7) is 2.09. The van der Waals surface area contributed by atoms with Gasteiger partial charge in [-0.1, -0.05) is 0 Å². The van der Waals surface area contributed by atoms with Gasteiger partial charge in [0.2, 0.25) is 0 Å². The van der Waals surface area contributed by atoms with Gasteiger partial charge in [-0.3, -0.25) is 0 Å². The summed E-state index contributed by atoms with van der Waals surface area (Å²) in [6.07, 6.45) is 3.71. The van der Waals surface area contributed by atoms with Crippen molar-refractivity contribution in [2.24, 2.45) is 0 Å². The van der Waals surface area contributed by atoms with Gasteiger partial charge in [-0.15, -0.1) is 0 Å². The van der Waals surface area contributed by atoms with Crippen LogP contribution in [0.1, 0.15) is 17.3 Å². The van der Waals surface area contributed by atoms with Crippen LogP contribution in [-0.2, 0) is 4.74 Å². The summed E-state index contributed by atoms with van der Waals surface area (Å²) >= 11 is -0.437. The van der Waals surface area contributed by atoms with Crippen LogP contribution in [0.25, 0.3) is 16.8 Å². The van der Waals surface area contributed by atoms with Gasteiger partial charge in [0.25, 0.3) is 0 Å². The number of carbonyl (C=O) groups is 1. The fourth-order valence-corrected chi connectivity index (χ4v) is 4.46. The first kappa shape index (κ1) is 18.7. The van der Waals surface area contributed by atoms with Gasteiger partial charge in [0, 0.05) is 0 Å². The van der Waals surface area contributed by atoms with E-state index in [4.69, 9.17) is 4.74 Å². The molecule has 3 aromatic heterocycles. The third kappa shape index (κ3) is 3.83. The second kappa shape index (κ2) is 8.05. The van der Waals surface area contributed by atoms with Gasteiger partial charge in [-0.05, 0) is 0 Å². The van der Waals surface area contributed by atoms with Gasteiger partial charge in [-0.2, -0.15) is 0 Å². The number of aromatic nitrogens is 2. The van der Waals surface area contributed by atoms with Crippen LogP contribution in [0, 0.1) is 0 Å². The van der Waals surface area contributed by atoms with E-state index in [1.165, 1.54) is 0 Å². The van der Waals surface area contributed by atoms with Crippen molar-refractivity contribution in [3.05, 3.63) is 64.7 Å². The van der Waals surface area contributed by atoms with Crippen molar-refractivity contribution >= 4 is 11.5 Å². The number of rotatable bonds is 6. The zero-order valence-corrected chi connectivity index (χ0v) is 17.1. The van der Waals surface area contributed by atoms with Gasteiger partial charge in [0.1, 0.15) is 0 Å². The maximum atomic E-state index is 12.5. The Labute approximate surface area is 162 Å². The van der Waals surface area contributed by atoms with Crippen LogP contribution in [0.3, 0.4) is 0 Å². The minimum absolute atomic E-state index is 0.0437. The number of carbonyl (C=O) groups excluding carboxylic acids is 1. The molecule has 6 nitrogen and oxygen atoms in total. The van der Waals surface area contributed by atoms with E-state index in [1.807, 2.05) is 55.2 Å². The predicted octanol–water partition coefficient (Wildman–Crippen LogP) is -0.684. The third-order valence-corrected chi connectivity index (χ3v) is 6.95. The predicted molar refractivity (Wildman–Crippen MR) is 97.0 cm³/mol. The second-order valence-electron chi connectivity index (χ2n) is 6.01. The summed E-state index contributed by atoms with van der Waals surface area (Å²) in [5.74, 6) is -0.379. The molecule has 26 heavy (non-hydrogen) atoms. The van der Waals surface area contributed by atoms with Crippen LogP contribution in [0.2, 0.25) is 0 Å². The Morgan fingerprint density at radius 1 is 1.19 bits per heavy atom. The molecule has 0 aromatic carbocycles. The SMILES string of the molecule is CCOC(=O)c1cc2ccccn2c1-c1ccn([I-]CN(C)C)c(=O)c1. The van der Waals surface area contributed by atoms with Crippen LogP contribution in [-0.4, -0.2) is 43.3 Å². The fourth-order valence-electron chi connectivity index (χ4n) is 2.66. The fraction of sp³-hybridized carbons (Fsp3) is 0.263. The Morgan fingerprint density at radius 2 is 2.00 bits per heavy atom. The molecule has 3 aromatic rings. The summed E-state index contributed by atoms with van der Waals surface area (Å²) in [5.41, 5.74) is 2.72. The molecule has 0 saturated carbocycles.